The Bertz CT molecular complexity index is 305. The van der Waals surface area contributed by atoms with Crippen LogP contribution in [0.25, 0.3) is 0 Å². The highest BCUT2D eigenvalue weighted by Gasteiger charge is 2.24. The number of carbonyl (C=O) groups excluding carboxylic acids is 1. The van der Waals surface area contributed by atoms with Crippen molar-refractivity contribution in [2.24, 2.45) is 0 Å². The van der Waals surface area contributed by atoms with Gasteiger partial charge in [-0.1, -0.05) is 6.42 Å². The Kier molecular flexibility index (Phi) is 2.81. The van der Waals surface area contributed by atoms with E-state index in [1.807, 2.05) is 6.20 Å². The van der Waals surface area contributed by atoms with Gasteiger partial charge >= 0.3 is 0 Å². The summed E-state index contributed by atoms with van der Waals surface area (Å²) in [5.41, 5.74) is 2.36. The summed E-state index contributed by atoms with van der Waals surface area (Å²) in [5.74, 6) is 0.632. The van der Waals surface area contributed by atoms with Crippen LogP contribution in [0.15, 0.2) is 6.20 Å². The second-order valence-electron chi connectivity index (χ2n) is 3.64. The van der Waals surface area contributed by atoms with Crippen molar-refractivity contribution >= 4 is 6.47 Å². The first-order chi connectivity index (χ1) is 6.92. The molecule has 0 aromatic carbocycles. The van der Waals surface area contributed by atoms with Crippen LogP contribution < -0.4 is 0 Å². The quantitative estimate of drug-likeness (QED) is 0.569. The summed E-state index contributed by atoms with van der Waals surface area (Å²) < 4.78 is 4.67. The number of aromatic amines is 1. The van der Waals surface area contributed by atoms with Crippen molar-refractivity contribution in [1.82, 2.24) is 10.2 Å². The maximum absolute atomic E-state index is 9.97. The van der Waals surface area contributed by atoms with Crippen LogP contribution in [-0.4, -0.2) is 23.3 Å². The van der Waals surface area contributed by atoms with Crippen LogP contribution in [0.5, 0.6) is 0 Å². The normalized spacial score (nSPS) is 16.3. The van der Waals surface area contributed by atoms with E-state index in [4.69, 9.17) is 0 Å². The number of nitrogens with one attached hydrogen (secondary N) is 1. The lowest BCUT2D eigenvalue weighted by atomic mass is 9.81. The van der Waals surface area contributed by atoms with E-state index in [-0.39, 0.29) is 0 Å². The number of rotatable bonds is 5. The average Bonchev–Trinajstić information content (AvgIpc) is 2.51. The van der Waals surface area contributed by atoms with E-state index in [9.17, 15) is 4.79 Å². The van der Waals surface area contributed by atoms with Crippen LogP contribution in [0.2, 0.25) is 0 Å². The Balaban J connectivity index is 1.94. The fraction of sp³-hybridized carbons (Fsp3) is 0.600. The van der Waals surface area contributed by atoms with Gasteiger partial charge in [0.2, 0.25) is 0 Å². The second kappa shape index (κ2) is 4.26. The van der Waals surface area contributed by atoms with Gasteiger partial charge < -0.3 is 4.74 Å². The first-order valence-corrected chi connectivity index (χ1v) is 4.99. The average molecular weight is 194 g/mol. The van der Waals surface area contributed by atoms with E-state index < -0.39 is 0 Å². The third-order valence-electron chi connectivity index (χ3n) is 2.80. The van der Waals surface area contributed by atoms with Crippen LogP contribution in [0, 0.1) is 0 Å². The third kappa shape index (κ3) is 1.78. The molecule has 1 fully saturated rings. The molecule has 0 spiro atoms. The van der Waals surface area contributed by atoms with Crippen molar-refractivity contribution < 1.29 is 9.53 Å². The van der Waals surface area contributed by atoms with Gasteiger partial charge in [-0.05, 0) is 18.4 Å². The molecule has 1 saturated carbocycles. The summed E-state index contributed by atoms with van der Waals surface area (Å²) in [5, 5.41) is 7.13. The summed E-state index contributed by atoms with van der Waals surface area (Å²) >= 11 is 0. The van der Waals surface area contributed by atoms with Crippen LogP contribution in [-0.2, 0) is 16.0 Å². The minimum atomic E-state index is 0.447. The molecule has 0 atom stereocenters. The van der Waals surface area contributed by atoms with Gasteiger partial charge in [-0.15, -0.1) is 0 Å². The minimum Gasteiger partial charge on any atom is -0.468 e. The Morgan fingerprint density at radius 3 is 3.14 bits per heavy atom. The predicted molar refractivity (Wildman–Crippen MR) is 50.9 cm³/mol. The first-order valence-electron chi connectivity index (χ1n) is 4.99. The molecule has 1 aromatic heterocycles. The van der Waals surface area contributed by atoms with Crippen molar-refractivity contribution in [3.63, 3.8) is 0 Å². The van der Waals surface area contributed by atoms with Gasteiger partial charge in [-0.25, -0.2) is 0 Å². The van der Waals surface area contributed by atoms with Gasteiger partial charge in [-0.3, -0.25) is 9.89 Å². The molecule has 76 valence electrons. The Labute approximate surface area is 82.7 Å². The number of ether oxygens (including phenoxy) is 1. The molecule has 1 aliphatic carbocycles. The highest BCUT2D eigenvalue weighted by Crippen LogP contribution is 2.36. The van der Waals surface area contributed by atoms with Gasteiger partial charge in [0.1, 0.15) is 0 Å². The van der Waals surface area contributed by atoms with Gasteiger partial charge in [-0.2, -0.15) is 5.10 Å². The Morgan fingerprint density at radius 1 is 1.64 bits per heavy atom. The predicted octanol–water partition coefficient (Wildman–Crippen LogP) is 1.39. The molecule has 1 aromatic rings. The van der Waals surface area contributed by atoms with Crippen LogP contribution in [0.4, 0.5) is 0 Å². The largest absolute Gasteiger partial charge is 0.468 e. The van der Waals surface area contributed by atoms with E-state index in [0.29, 0.717) is 19.0 Å². The molecule has 0 amide bonds. The lowest BCUT2D eigenvalue weighted by Crippen LogP contribution is -2.12. The Morgan fingerprint density at radius 2 is 2.50 bits per heavy atom. The standard InChI is InChI=1S/C10H14N2O2/c13-7-14-5-4-9-6-11-12-10(9)8-2-1-3-8/h6-8H,1-5H2,(H,11,12). The maximum atomic E-state index is 9.97. The smallest absolute Gasteiger partial charge is 0.293 e. The monoisotopic (exact) mass is 194 g/mol. The number of nitrogens with zero attached hydrogens (tertiary/aromatic N) is 1. The Hall–Kier alpha value is -1.32. The van der Waals surface area contributed by atoms with Crippen molar-refractivity contribution in [3.8, 4) is 0 Å². The number of H-pyrrole nitrogens is 1. The topological polar surface area (TPSA) is 55.0 Å². The van der Waals surface area contributed by atoms with Gasteiger partial charge in [0.25, 0.3) is 6.47 Å². The van der Waals surface area contributed by atoms with Gasteiger partial charge in [0.05, 0.1) is 12.3 Å². The third-order valence-corrected chi connectivity index (χ3v) is 2.80. The molecule has 1 heterocycles. The second-order valence-corrected chi connectivity index (χ2v) is 3.64. The molecule has 4 heteroatoms. The zero-order chi connectivity index (χ0) is 9.80. The van der Waals surface area contributed by atoms with Crippen molar-refractivity contribution in [1.29, 1.82) is 0 Å². The van der Waals surface area contributed by atoms with E-state index in [0.717, 1.165) is 6.42 Å². The molecular formula is C10H14N2O2. The van der Waals surface area contributed by atoms with Crippen LogP contribution in [0.3, 0.4) is 0 Å². The summed E-state index contributed by atoms with van der Waals surface area (Å²) in [6.07, 6.45) is 6.46. The molecule has 4 nitrogen and oxygen atoms in total. The van der Waals surface area contributed by atoms with E-state index >= 15 is 0 Å². The molecule has 0 aliphatic heterocycles. The molecule has 1 N–H and O–H groups in total. The number of carbonyl (C=O) groups is 1. The van der Waals surface area contributed by atoms with Gasteiger partial charge in [0, 0.05) is 18.5 Å². The molecule has 0 saturated heterocycles. The molecule has 2 rings (SSSR count). The van der Waals surface area contributed by atoms with E-state index in [1.165, 1.54) is 30.5 Å². The van der Waals surface area contributed by atoms with Crippen molar-refractivity contribution in [2.75, 3.05) is 6.61 Å². The lowest BCUT2D eigenvalue weighted by Gasteiger charge is -2.24. The summed E-state index contributed by atoms with van der Waals surface area (Å²) in [6.45, 7) is 0.936. The number of hydrogen-bond acceptors (Lipinski definition) is 3. The van der Waals surface area contributed by atoms with Crippen molar-refractivity contribution in [3.05, 3.63) is 17.5 Å². The highest BCUT2D eigenvalue weighted by molar-refractivity contribution is 5.37. The molecule has 0 unspecified atom stereocenters. The van der Waals surface area contributed by atoms with Crippen molar-refractivity contribution in [2.45, 2.75) is 31.6 Å². The zero-order valence-corrected chi connectivity index (χ0v) is 8.03. The minimum absolute atomic E-state index is 0.447. The molecule has 0 radical (unpaired) electrons. The molecule has 14 heavy (non-hydrogen) atoms. The SMILES string of the molecule is O=COCCc1c[nH]nc1C1CCC1. The zero-order valence-electron chi connectivity index (χ0n) is 8.03. The first kappa shape index (κ1) is 9.24. The highest BCUT2D eigenvalue weighted by atomic mass is 16.5. The fourth-order valence-electron chi connectivity index (χ4n) is 1.78. The lowest BCUT2D eigenvalue weighted by molar-refractivity contribution is -0.128. The molecular weight excluding hydrogens is 180 g/mol. The maximum Gasteiger partial charge on any atom is 0.293 e. The molecule has 0 bridgehead atoms. The summed E-state index contributed by atoms with van der Waals surface area (Å²) in [6, 6.07) is 0. The molecule has 1 aliphatic rings. The number of aromatic nitrogens is 2. The van der Waals surface area contributed by atoms with Crippen LogP contribution in [0.1, 0.15) is 36.4 Å². The van der Waals surface area contributed by atoms with E-state index in [2.05, 4.69) is 14.9 Å². The van der Waals surface area contributed by atoms with Gasteiger partial charge in [0.15, 0.2) is 0 Å². The van der Waals surface area contributed by atoms with E-state index in [1.54, 1.807) is 0 Å². The van der Waals surface area contributed by atoms with Crippen LogP contribution >= 0.6 is 0 Å². The summed E-state index contributed by atoms with van der Waals surface area (Å²) in [7, 11) is 0. The fourth-order valence-corrected chi connectivity index (χ4v) is 1.78. The number of hydrogen-bond donors (Lipinski definition) is 1. The summed E-state index contributed by atoms with van der Waals surface area (Å²) in [4.78, 5) is 9.97.